The zero-order chi connectivity index (χ0) is 17.6. The highest BCUT2D eigenvalue weighted by atomic mass is 32.1. The number of benzene rings is 2. The second-order valence-corrected chi connectivity index (χ2v) is 6.48. The Kier molecular flexibility index (Phi) is 5.68. The zero-order valence-corrected chi connectivity index (χ0v) is 15.3. The third-order valence-electron chi connectivity index (χ3n) is 4.08. The SMILES string of the molecule is CCc1ccc(-c2csc(=Nc3ccc(OC)cc3)n2CCO)cc1. The molecule has 3 aromatic rings. The standard InChI is InChI=1S/C20H22N2O2S/c1-3-15-4-6-16(7-5-15)19-14-25-20(22(19)12-13-23)21-17-8-10-18(24-2)11-9-17/h4-11,14,23H,3,12-13H2,1-2H3. The Morgan fingerprint density at radius 2 is 1.80 bits per heavy atom. The van der Waals surface area contributed by atoms with Crippen molar-refractivity contribution in [1.82, 2.24) is 4.57 Å². The van der Waals surface area contributed by atoms with Crippen LogP contribution in [0.15, 0.2) is 58.9 Å². The molecule has 1 aromatic heterocycles. The van der Waals surface area contributed by atoms with Gasteiger partial charge in [-0.05, 0) is 41.8 Å². The number of aliphatic hydroxyl groups excluding tert-OH is 1. The van der Waals surface area contributed by atoms with E-state index in [1.807, 2.05) is 24.3 Å². The molecule has 1 heterocycles. The number of aromatic nitrogens is 1. The predicted octanol–water partition coefficient (Wildman–Crippen LogP) is 4.01. The van der Waals surface area contributed by atoms with Crippen LogP contribution in [0.2, 0.25) is 0 Å². The van der Waals surface area contributed by atoms with Crippen LogP contribution in [0.25, 0.3) is 11.3 Å². The number of aliphatic hydroxyl groups is 1. The van der Waals surface area contributed by atoms with Gasteiger partial charge in [0.15, 0.2) is 4.80 Å². The first-order chi connectivity index (χ1) is 12.2. The number of hydrogen-bond acceptors (Lipinski definition) is 4. The monoisotopic (exact) mass is 354 g/mol. The topological polar surface area (TPSA) is 46.8 Å². The first-order valence-corrected chi connectivity index (χ1v) is 9.20. The maximum Gasteiger partial charge on any atom is 0.190 e. The summed E-state index contributed by atoms with van der Waals surface area (Å²) in [5.74, 6) is 0.810. The van der Waals surface area contributed by atoms with E-state index in [-0.39, 0.29) is 6.61 Å². The first kappa shape index (κ1) is 17.5. The summed E-state index contributed by atoms with van der Waals surface area (Å²) >= 11 is 1.58. The van der Waals surface area contributed by atoms with E-state index in [2.05, 4.69) is 41.1 Å². The molecule has 0 unspecified atom stereocenters. The van der Waals surface area contributed by atoms with Gasteiger partial charge in [-0.3, -0.25) is 0 Å². The molecule has 0 saturated heterocycles. The summed E-state index contributed by atoms with van der Waals surface area (Å²) in [7, 11) is 1.65. The van der Waals surface area contributed by atoms with Gasteiger partial charge in [0.1, 0.15) is 5.75 Å². The predicted molar refractivity (Wildman–Crippen MR) is 102 cm³/mol. The normalized spacial score (nSPS) is 11.7. The first-order valence-electron chi connectivity index (χ1n) is 8.32. The molecule has 2 aromatic carbocycles. The Morgan fingerprint density at radius 3 is 2.40 bits per heavy atom. The highest BCUT2D eigenvalue weighted by molar-refractivity contribution is 7.07. The van der Waals surface area contributed by atoms with Crippen LogP contribution in [0.4, 0.5) is 5.69 Å². The summed E-state index contributed by atoms with van der Waals surface area (Å²) < 4.78 is 7.25. The highest BCUT2D eigenvalue weighted by Gasteiger charge is 2.08. The summed E-state index contributed by atoms with van der Waals surface area (Å²) in [6.07, 6.45) is 1.03. The minimum Gasteiger partial charge on any atom is -0.497 e. The number of hydrogen-bond donors (Lipinski definition) is 1. The lowest BCUT2D eigenvalue weighted by Crippen LogP contribution is -2.17. The molecule has 130 valence electrons. The molecule has 0 radical (unpaired) electrons. The number of rotatable bonds is 6. The second-order valence-electron chi connectivity index (χ2n) is 5.64. The van der Waals surface area contributed by atoms with Crippen molar-refractivity contribution in [2.24, 2.45) is 4.99 Å². The largest absolute Gasteiger partial charge is 0.497 e. The molecule has 25 heavy (non-hydrogen) atoms. The Hall–Kier alpha value is -2.37. The number of methoxy groups -OCH3 is 1. The summed E-state index contributed by atoms with van der Waals surface area (Å²) in [6, 6.07) is 16.2. The van der Waals surface area contributed by atoms with Crippen LogP contribution >= 0.6 is 11.3 Å². The fraction of sp³-hybridized carbons (Fsp3) is 0.250. The maximum absolute atomic E-state index is 9.48. The van der Waals surface area contributed by atoms with Crippen LogP contribution in [-0.4, -0.2) is 23.4 Å². The third-order valence-corrected chi connectivity index (χ3v) is 4.94. The van der Waals surface area contributed by atoms with Crippen molar-refractivity contribution in [2.75, 3.05) is 13.7 Å². The molecule has 0 bridgehead atoms. The average Bonchev–Trinajstić information content (AvgIpc) is 3.05. The fourth-order valence-corrected chi connectivity index (χ4v) is 3.60. The van der Waals surface area contributed by atoms with Gasteiger partial charge in [0.25, 0.3) is 0 Å². The van der Waals surface area contributed by atoms with Gasteiger partial charge in [0.2, 0.25) is 0 Å². The lowest BCUT2D eigenvalue weighted by molar-refractivity contribution is 0.275. The molecule has 0 atom stereocenters. The minimum absolute atomic E-state index is 0.0760. The molecule has 0 fully saturated rings. The Balaban J connectivity index is 2.02. The third kappa shape index (κ3) is 4.00. The molecular formula is C20H22N2O2S. The minimum atomic E-state index is 0.0760. The van der Waals surface area contributed by atoms with Crippen LogP contribution < -0.4 is 9.54 Å². The van der Waals surface area contributed by atoms with Crippen molar-refractivity contribution < 1.29 is 9.84 Å². The number of aryl methyl sites for hydroxylation is 1. The van der Waals surface area contributed by atoms with Gasteiger partial charge in [-0.1, -0.05) is 31.2 Å². The van der Waals surface area contributed by atoms with Gasteiger partial charge >= 0.3 is 0 Å². The van der Waals surface area contributed by atoms with Crippen LogP contribution in [0.5, 0.6) is 5.75 Å². The van der Waals surface area contributed by atoms with Crippen LogP contribution in [0, 0.1) is 0 Å². The lowest BCUT2D eigenvalue weighted by atomic mass is 10.1. The molecule has 0 saturated carbocycles. The number of ether oxygens (including phenoxy) is 1. The molecule has 0 aliphatic rings. The zero-order valence-electron chi connectivity index (χ0n) is 14.5. The molecule has 0 aliphatic carbocycles. The number of thiazole rings is 1. The quantitative estimate of drug-likeness (QED) is 0.727. The molecule has 0 spiro atoms. The molecule has 4 nitrogen and oxygen atoms in total. The van der Waals surface area contributed by atoms with E-state index in [9.17, 15) is 5.11 Å². The highest BCUT2D eigenvalue weighted by Crippen LogP contribution is 2.22. The molecule has 1 N–H and O–H groups in total. The summed E-state index contributed by atoms with van der Waals surface area (Å²) in [4.78, 5) is 5.60. The lowest BCUT2D eigenvalue weighted by Gasteiger charge is -2.08. The van der Waals surface area contributed by atoms with Crippen LogP contribution in [0.1, 0.15) is 12.5 Å². The van der Waals surface area contributed by atoms with Crippen molar-refractivity contribution in [2.45, 2.75) is 19.9 Å². The van der Waals surface area contributed by atoms with Gasteiger partial charge in [-0.25, -0.2) is 4.99 Å². The van der Waals surface area contributed by atoms with E-state index in [1.54, 1.807) is 18.4 Å². The van der Waals surface area contributed by atoms with Crippen molar-refractivity contribution >= 4 is 17.0 Å². The summed E-state index contributed by atoms with van der Waals surface area (Å²) in [6.45, 7) is 2.74. The second kappa shape index (κ2) is 8.14. The van der Waals surface area contributed by atoms with E-state index in [0.717, 1.165) is 33.9 Å². The van der Waals surface area contributed by atoms with E-state index in [1.165, 1.54) is 5.56 Å². The smallest absolute Gasteiger partial charge is 0.190 e. The van der Waals surface area contributed by atoms with E-state index >= 15 is 0 Å². The van der Waals surface area contributed by atoms with Crippen molar-refractivity contribution in [3.05, 3.63) is 64.3 Å². The van der Waals surface area contributed by atoms with Gasteiger partial charge in [0.05, 0.1) is 25.1 Å². The van der Waals surface area contributed by atoms with Crippen LogP contribution in [0.3, 0.4) is 0 Å². The van der Waals surface area contributed by atoms with E-state index < -0.39 is 0 Å². The molecule has 3 rings (SSSR count). The summed E-state index contributed by atoms with van der Waals surface area (Å²) in [5, 5.41) is 11.6. The van der Waals surface area contributed by atoms with Crippen molar-refractivity contribution in [3.63, 3.8) is 0 Å². The Labute approximate surface area is 151 Å². The average molecular weight is 354 g/mol. The number of nitrogens with zero attached hydrogens (tertiary/aromatic N) is 2. The van der Waals surface area contributed by atoms with Gasteiger partial charge in [-0.2, -0.15) is 0 Å². The van der Waals surface area contributed by atoms with Gasteiger partial charge in [0, 0.05) is 11.9 Å². The van der Waals surface area contributed by atoms with E-state index in [4.69, 9.17) is 9.73 Å². The molecule has 5 heteroatoms. The van der Waals surface area contributed by atoms with Crippen molar-refractivity contribution in [3.8, 4) is 17.0 Å². The Morgan fingerprint density at radius 1 is 1.08 bits per heavy atom. The molecule has 0 amide bonds. The summed E-state index contributed by atoms with van der Waals surface area (Å²) in [5.41, 5.74) is 4.39. The van der Waals surface area contributed by atoms with Gasteiger partial charge in [-0.15, -0.1) is 11.3 Å². The van der Waals surface area contributed by atoms with Crippen molar-refractivity contribution in [1.29, 1.82) is 0 Å². The molecular weight excluding hydrogens is 332 g/mol. The Bertz CT molecular complexity index is 877. The van der Waals surface area contributed by atoms with Crippen LogP contribution in [-0.2, 0) is 13.0 Å². The fourth-order valence-electron chi connectivity index (χ4n) is 2.64. The molecule has 0 aliphatic heterocycles. The maximum atomic E-state index is 9.48. The van der Waals surface area contributed by atoms with Gasteiger partial charge < -0.3 is 14.4 Å². The van der Waals surface area contributed by atoms with E-state index in [0.29, 0.717) is 6.54 Å².